The Hall–Kier alpha value is -3.74. The number of carbonyl (C=O) groups excluding carboxylic acids is 2. The van der Waals surface area contributed by atoms with Gasteiger partial charge in [0.15, 0.2) is 5.82 Å². The van der Waals surface area contributed by atoms with Gasteiger partial charge in [0.05, 0.1) is 30.0 Å². The van der Waals surface area contributed by atoms with Gasteiger partial charge in [0.25, 0.3) is 5.91 Å². The molecule has 0 saturated carbocycles. The van der Waals surface area contributed by atoms with Crippen LogP contribution in [0.25, 0.3) is 0 Å². The molecule has 0 unspecified atom stereocenters. The van der Waals surface area contributed by atoms with Crippen LogP contribution in [0.3, 0.4) is 0 Å². The van der Waals surface area contributed by atoms with Crippen LogP contribution in [-0.2, 0) is 24.3 Å². The van der Waals surface area contributed by atoms with Crippen LogP contribution in [0.1, 0.15) is 41.0 Å². The predicted octanol–water partition coefficient (Wildman–Crippen LogP) is 3.41. The van der Waals surface area contributed by atoms with E-state index >= 15 is 0 Å². The van der Waals surface area contributed by atoms with E-state index in [9.17, 15) is 9.59 Å². The van der Waals surface area contributed by atoms with E-state index in [0.717, 1.165) is 12.1 Å². The number of nitrogens with one attached hydrogen (secondary N) is 1. The summed E-state index contributed by atoms with van der Waals surface area (Å²) in [5.74, 6) is 0.428. The van der Waals surface area contributed by atoms with Gasteiger partial charge in [-0.1, -0.05) is 30.3 Å². The molecule has 0 atom stereocenters. The van der Waals surface area contributed by atoms with E-state index in [1.54, 1.807) is 23.4 Å². The van der Waals surface area contributed by atoms with Gasteiger partial charge in [0.2, 0.25) is 5.91 Å². The van der Waals surface area contributed by atoms with Crippen LogP contribution in [0.5, 0.6) is 0 Å². The van der Waals surface area contributed by atoms with E-state index in [-0.39, 0.29) is 23.9 Å². The Morgan fingerprint density at radius 2 is 1.88 bits per heavy atom. The topological polar surface area (TPSA) is 78.4 Å². The second-order valence-corrected chi connectivity index (χ2v) is 8.90. The van der Waals surface area contributed by atoms with Crippen LogP contribution in [0, 0.1) is 0 Å². The van der Waals surface area contributed by atoms with Crippen molar-refractivity contribution in [1.82, 2.24) is 14.9 Å². The molecule has 162 valence electrons. The molecule has 5 rings (SSSR count). The van der Waals surface area contributed by atoms with Gasteiger partial charge in [-0.3, -0.25) is 14.6 Å². The highest BCUT2D eigenvalue weighted by atomic mass is 16.2. The number of anilines is 2. The monoisotopic (exact) mass is 427 g/mol. The summed E-state index contributed by atoms with van der Waals surface area (Å²) in [5.41, 5.74) is 3.97. The third-order valence-electron chi connectivity index (χ3n) is 6.21. The summed E-state index contributed by atoms with van der Waals surface area (Å²) < 4.78 is 0. The van der Waals surface area contributed by atoms with Crippen molar-refractivity contribution in [3.8, 4) is 0 Å². The number of rotatable bonds is 3. The molecule has 2 aromatic heterocycles. The number of pyridine rings is 2. The van der Waals surface area contributed by atoms with Gasteiger partial charge >= 0.3 is 0 Å². The molecule has 0 aliphatic carbocycles. The van der Waals surface area contributed by atoms with E-state index in [2.05, 4.69) is 41.3 Å². The number of amides is 2. The molecular formula is C25H25N5O2. The zero-order chi connectivity index (χ0) is 22.3. The lowest BCUT2D eigenvalue weighted by Gasteiger charge is -2.43. The Morgan fingerprint density at radius 1 is 1.09 bits per heavy atom. The Morgan fingerprint density at radius 3 is 2.66 bits per heavy atom. The molecule has 2 amide bonds. The van der Waals surface area contributed by atoms with Crippen LogP contribution in [0.2, 0.25) is 0 Å². The molecule has 7 nitrogen and oxygen atoms in total. The lowest BCUT2D eigenvalue weighted by Crippen LogP contribution is -2.51. The number of fused-ring (bicyclic) bond motifs is 2. The first-order valence-corrected chi connectivity index (χ1v) is 10.8. The van der Waals surface area contributed by atoms with E-state index in [1.165, 1.54) is 11.1 Å². The first-order valence-electron chi connectivity index (χ1n) is 10.8. The summed E-state index contributed by atoms with van der Waals surface area (Å²) in [6.07, 6.45) is 4.09. The highest BCUT2D eigenvalue weighted by molar-refractivity contribution is 6.04. The Balaban J connectivity index is 1.48. The Bertz CT molecular complexity index is 1190. The number of nitrogens with zero attached hydrogens (tertiary/aromatic N) is 4. The number of carbonyl (C=O) groups is 2. The zero-order valence-electron chi connectivity index (χ0n) is 18.2. The van der Waals surface area contributed by atoms with Crippen molar-refractivity contribution >= 4 is 23.3 Å². The average Bonchev–Trinajstić information content (AvgIpc) is 2.80. The summed E-state index contributed by atoms with van der Waals surface area (Å²) in [6.45, 7) is 5.22. The summed E-state index contributed by atoms with van der Waals surface area (Å²) in [7, 11) is 0. The van der Waals surface area contributed by atoms with Crippen LogP contribution in [-0.4, -0.2) is 38.8 Å². The lowest BCUT2D eigenvalue weighted by atomic mass is 9.85. The summed E-state index contributed by atoms with van der Waals surface area (Å²) in [6, 6.07) is 15.6. The van der Waals surface area contributed by atoms with Crippen molar-refractivity contribution in [2.24, 2.45) is 0 Å². The van der Waals surface area contributed by atoms with Gasteiger partial charge < -0.3 is 15.1 Å². The SMILES string of the molecule is CC1(C)Cc2ccccc2CN1C(=O)c1cnc2c(c1)N(Cc1ccccn1)C(=O)CN2. The molecular weight excluding hydrogens is 402 g/mol. The van der Waals surface area contributed by atoms with Gasteiger partial charge in [0, 0.05) is 24.5 Å². The average molecular weight is 428 g/mol. The maximum absolute atomic E-state index is 13.6. The molecule has 1 N–H and O–H groups in total. The number of aromatic nitrogens is 2. The number of benzene rings is 1. The van der Waals surface area contributed by atoms with Crippen molar-refractivity contribution in [3.63, 3.8) is 0 Å². The third kappa shape index (κ3) is 3.60. The molecule has 0 saturated heterocycles. The summed E-state index contributed by atoms with van der Waals surface area (Å²) >= 11 is 0. The van der Waals surface area contributed by atoms with Crippen molar-refractivity contribution in [1.29, 1.82) is 0 Å². The summed E-state index contributed by atoms with van der Waals surface area (Å²) in [4.78, 5) is 38.7. The zero-order valence-corrected chi connectivity index (χ0v) is 18.2. The molecule has 0 fully saturated rings. The molecule has 1 aromatic carbocycles. The molecule has 3 aromatic rings. The third-order valence-corrected chi connectivity index (χ3v) is 6.21. The van der Waals surface area contributed by atoms with Gasteiger partial charge in [-0.2, -0.15) is 0 Å². The van der Waals surface area contributed by atoms with E-state index in [1.807, 2.05) is 35.2 Å². The van der Waals surface area contributed by atoms with Crippen molar-refractivity contribution in [3.05, 3.63) is 83.3 Å². The lowest BCUT2D eigenvalue weighted by molar-refractivity contribution is -0.117. The minimum absolute atomic E-state index is 0.0817. The highest BCUT2D eigenvalue weighted by Gasteiger charge is 2.37. The van der Waals surface area contributed by atoms with Crippen LogP contribution in [0.4, 0.5) is 11.5 Å². The highest BCUT2D eigenvalue weighted by Crippen LogP contribution is 2.34. The fourth-order valence-corrected chi connectivity index (χ4v) is 4.46. The van der Waals surface area contributed by atoms with Crippen molar-refractivity contribution in [2.75, 3.05) is 16.8 Å². The molecule has 0 bridgehead atoms. The van der Waals surface area contributed by atoms with Crippen LogP contribution in [0.15, 0.2) is 60.9 Å². The standard InChI is InChI=1S/C25H25N5O2/c1-25(2)12-17-7-3-4-8-18(17)15-30(25)24(32)19-11-21-23(27-13-19)28-14-22(31)29(21)16-20-9-5-6-10-26-20/h3-11,13H,12,14-16H2,1-2H3,(H,27,28). The van der Waals surface area contributed by atoms with Gasteiger partial charge in [-0.15, -0.1) is 0 Å². The minimum Gasteiger partial charge on any atom is -0.359 e. The predicted molar refractivity (Wildman–Crippen MR) is 122 cm³/mol. The fourth-order valence-electron chi connectivity index (χ4n) is 4.46. The quantitative estimate of drug-likeness (QED) is 0.693. The smallest absolute Gasteiger partial charge is 0.256 e. The molecule has 4 heterocycles. The maximum Gasteiger partial charge on any atom is 0.256 e. The molecule has 32 heavy (non-hydrogen) atoms. The first kappa shape index (κ1) is 20.2. The molecule has 0 spiro atoms. The minimum atomic E-state index is -0.330. The summed E-state index contributed by atoms with van der Waals surface area (Å²) in [5, 5.41) is 3.06. The second-order valence-electron chi connectivity index (χ2n) is 8.90. The normalized spacial score (nSPS) is 16.8. The van der Waals surface area contributed by atoms with E-state index in [0.29, 0.717) is 30.2 Å². The number of hydrogen-bond donors (Lipinski definition) is 1. The number of hydrogen-bond acceptors (Lipinski definition) is 5. The molecule has 0 radical (unpaired) electrons. The van der Waals surface area contributed by atoms with Gasteiger partial charge in [-0.25, -0.2) is 4.98 Å². The van der Waals surface area contributed by atoms with E-state index in [4.69, 9.17) is 0 Å². The van der Waals surface area contributed by atoms with E-state index < -0.39 is 0 Å². The van der Waals surface area contributed by atoms with Gasteiger partial charge in [-0.05, 0) is 49.6 Å². The van der Waals surface area contributed by atoms with Crippen LogP contribution < -0.4 is 10.2 Å². The Labute approximate surface area is 187 Å². The maximum atomic E-state index is 13.6. The van der Waals surface area contributed by atoms with Crippen molar-refractivity contribution in [2.45, 2.75) is 38.9 Å². The Kier molecular flexibility index (Phi) is 4.89. The molecule has 2 aliphatic heterocycles. The fraction of sp³-hybridized carbons (Fsp3) is 0.280. The van der Waals surface area contributed by atoms with Gasteiger partial charge in [0.1, 0.15) is 0 Å². The molecule has 2 aliphatic rings. The first-order chi connectivity index (χ1) is 15.4. The van der Waals surface area contributed by atoms with Crippen molar-refractivity contribution < 1.29 is 9.59 Å². The van der Waals surface area contributed by atoms with Crippen LogP contribution >= 0.6 is 0 Å². The molecule has 7 heteroatoms. The largest absolute Gasteiger partial charge is 0.359 e. The second kappa shape index (κ2) is 7.75.